The second-order valence-corrected chi connectivity index (χ2v) is 8.58. The fourth-order valence-electron chi connectivity index (χ4n) is 3.96. The van der Waals surface area contributed by atoms with E-state index >= 15 is 0 Å². The Morgan fingerprint density at radius 2 is 1.71 bits per heavy atom. The highest BCUT2D eigenvalue weighted by atomic mass is 32.2. The second kappa shape index (κ2) is 7.95. The molecule has 2 atom stereocenters. The number of piperazine rings is 1. The molecule has 0 unspecified atom stereocenters. The standard InChI is InChI=1S/C18H29N3O2S/c1-2-20-12-14-21(15-13-20)18-11-7-6-10-17(18)19-24(22,23)16-8-4-3-5-9-16/h3-5,8-9,17-19H,2,6-7,10-15H2,1H3/t17-,18+/m1/s1. The van der Waals surface area contributed by atoms with Gasteiger partial charge in [-0.3, -0.25) is 4.90 Å². The van der Waals surface area contributed by atoms with Gasteiger partial charge in [0.25, 0.3) is 0 Å². The third-order valence-electron chi connectivity index (χ3n) is 5.41. The van der Waals surface area contributed by atoms with Crippen LogP contribution in [0.2, 0.25) is 0 Å². The van der Waals surface area contributed by atoms with E-state index in [9.17, 15) is 8.42 Å². The van der Waals surface area contributed by atoms with Gasteiger partial charge in [0.1, 0.15) is 0 Å². The minimum absolute atomic E-state index is 0.0251. The van der Waals surface area contributed by atoms with Gasteiger partial charge in [-0.25, -0.2) is 13.1 Å². The maximum absolute atomic E-state index is 12.7. The SMILES string of the molecule is CCN1CCN([C@H]2CCCC[C@H]2NS(=O)(=O)c2ccccc2)CC1. The van der Waals surface area contributed by atoms with E-state index in [1.807, 2.05) is 6.07 Å². The highest BCUT2D eigenvalue weighted by molar-refractivity contribution is 7.89. The lowest BCUT2D eigenvalue weighted by Gasteiger charge is -2.44. The topological polar surface area (TPSA) is 52.6 Å². The molecule has 1 N–H and O–H groups in total. The van der Waals surface area contributed by atoms with Crippen LogP contribution in [0.4, 0.5) is 0 Å². The van der Waals surface area contributed by atoms with Crippen LogP contribution in [0.5, 0.6) is 0 Å². The first kappa shape index (κ1) is 17.9. The molecule has 1 saturated carbocycles. The summed E-state index contributed by atoms with van der Waals surface area (Å²) in [6.45, 7) is 7.57. The number of benzene rings is 1. The molecule has 1 aliphatic heterocycles. The summed E-state index contributed by atoms with van der Waals surface area (Å²) >= 11 is 0. The molecule has 1 saturated heterocycles. The summed E-state index contributed by atoms with van der Waals surface area (Å²) in [4.78, 5) is 5.33. The maximum atomic E-state index is 12.7. The number of hydrogen-bond acceptors (Lipinski definition) is 4. The van der Waals surface area contributed by atoms with Gasteiger partial charge in [-0.2, -0.15) is 0 Å². The van der Waals surface area contributed by atoms with Gasteiger partial charge in [-0.15, -0.1) is 0 Å². The highest BCUT2D eigenvalue weighted by Gasteiger charge is 2.34. The van der Waals surface area contributed by atoms with Crippen molar-refractivity contribution >= 4 is 10.0 Å². The molecule has 24 heavy (non-hydrogen) atoms. The van der Waals surface area contributed by atoms with Crippen molar-refractivity contribution in [3.05, 3.63) is 30.3 Å². The van der Waals surface area contributed by atoms with E-state index in [2.05, 4.69) is 21.4 Å². The largest absolute Gasteiger partial charge is 0.301 e. The second-order valence-electron chi connectivity index (χ2n) is 6.86. The number of hydrogen-bond donors (Lipinski definition) is 1. The van der Waals surface area contributed by atoms with Gasteiger partial charge in [0.15, 0.2) is 0 Å². The van der Waals surface area contributed by atoms with Crippen molar-refractivity contribution in [1.82, 2.24) is 14.5 Å². The van der Waals surface area contributed by atoms with Crippen LogP contribution in [0.25, 0.3) is 0 Å². The molecule has 134 valence electrons. The van der Waals surface area contributed by atoms with Crippen molar-refractivity contribution in [2.24, 2.45) is 0 Å². The van der Waals surface area contributed by atoms with Gasteiger partial charge >= 0.3 is 0 Å². The molecule has 0 radical (unpaired) electrons. The third-order valence-corrected chi connectivity index (χ3v) is 6.92. The summed E-state index contributed by atoms with van der Waals surface area (Å²) in [5.74, 6) is 0. The summed E-state index contributed by atoms with van der Waals surface area (Å²) < 4.78 is 28.4. The summed E-state index contributed by atoms with van der Waals surface area (Å²) in [7, 11) is -3.43. The molecule has 2 fully saturated rings. The van der Waals surface area contributed by atoms with Crippen LogP contribution < -0.4 is 4.72 Å². The molecule has 1 aromatic rings. The molecular formula is C18H29N3O2S. The fourth-order valence-corrected chi connectivity index (χ4v) is 5.29. The summed E-state index contributed by atoms with van der Waals surface area (Å²) in [5, 5.41) is 0. The highest BCUT2D eigenvalue weighted by Crippen LogP contribution is 2.25. The normalized spacial score (nSPS) is 27.2. The molecule has 0 spiro atoms. The van der Waals surface area contributed by atoms with Crippen molar-refractivity contribution < 1.29 is 8.42 Å². The molecule has 0 aromatic heterocycles. The smallest absolute Gasteiger partial charge is 0.240 e. The van der Waals surface area contributed by atoms with Gasteiger partial charge in [0.2, 0.25) is 10.0 Å². The lowest BCUT2D eigenvalue weighted by atomic mass is 9.89. The Bertz CT molecular complexity index is 612. The Morgan fingerprint density at radius 3 is 2.38 bits per heavy atom. The van der Waals surface area contributed by atoms with E-state index in [1.165, 1.54) is 6.42 Å². The molecule has 0 amide bonds. The molecule has 0 bridgehead atoms. The predicted octanol–water partition coefficient (Wildman–Crippen LogP) is 1.91. The van der Waals surface area contributed by atoms with Crippen molar-refractivity contribution in [1.29, 1.82) is 0 Å². The summed E-state index contributed by atoms with van der Waals surface area (Å²) in [5.41, 5.74) is 0. The Hall–Kier alpha value is -0.950. The van der Waals surface area contributed by atoms with Crippen molar-refractivity contribution in [3.8, 4) is 0 Å². The van der Waals surface area contributed by atoms with Crippen molar-refractivity contribution in [2.75, 3.05) is 32.7 Å². The minimum atomic E-state index is -3.43. The first-order valence-corrected chi connectivity index (χ1v) is 10.6. The van der Waals surface area contributed by atoms with Crippen LogP contribution in [0.15, 0.2) is 35.2 Å². The van der Waals surface area contributed by atoms with Crippen LogP contribution >= 0.6 is 0 Å². The predicted molar refractivity (Wildman–Crippen MR) is 96.5 cm³/mol. The van der Waals surface area contributed by atoms with Crippen molar-refractivity contribution in [2.45, 2.75) is 49.6 Å². The Balaban J connectivity index is 1.69. The van der Waals surface area contributed by atoms with Gasteiger partial charge in [0.05, 0.1) is 4.90 Å². The van der Waals surface area contributed by atoms with E-state index in [1.54, 1.807) is 24.3 Å². The zero-order valence-electron chi connectivity index (χ0n) is 14.5. The molecule has 2 aliphatic rings. The fraction of sp³-hybridized carbons (Fsp3) is 0.667. The monoisotopic (exact) mass is 351 g/mol. The first-order chi connectivity index (χ1) is 11.6. The summed E-state index contributed by atoms with van der Waals surface area (Å²) in [6, 6.07) is 9.08. The molecule has 1 heterocycles. The number of nitrogens with one attached hydrogen (secondary N) is 1. The van der Waals surface area contributed by atoms with Gasteiger partial charge in [0, 0.05) is 38.3 Å². The minimum Gasteiger partial charge on any atom is -0.301 e. The van der Waals surface area contributed by atoms with E-state index in [0.29, 0.717) is 10.9 Å². The Kier molecular flexibility index (Phi) is 5.92. The van der Waals surface area contributed by atoms with Gasteiger partial charge < -0.3 is 4.90 Å². The number of nitrogens with zero attached hydrogens (tertiary/aromatic N) is 2. The molecule has 5 nitrogen and oxygen atoms in total. The average Bonchev–Trinajstić information content (AvgIpc) is 2.63. The van der Waals surface area contributed by atoms with E-state index < -0.39 is 10.0 Å². The number of sulfonamides is 1. The Labute approximate surface area is 146 Å². The van der Waals surface area contributed by atoms with E-state index in [0.717, 1.165) is 52.0 Å². The lowest BCUT2D eigenvalue weighted by Crippen LogP contribution is -2.58. The van der Waals surface area contributed by atoms with Crippen LogP contribution in [0.3, 0.4) is 0 Å². The summed E-state index contributed by atoms with van der Waals surface area (Å²) in [6.07, 6.45) is 4.33. The molecular weight excluding hydrogens is 322 g/mol. The number of rotatable bonds is 5. The molecule has 1 aliphatic carbocycles. The third kappa shape index (κ3) is 4.17. The van der Waals surface area contributed by atoms with Crippen LogP contribution in [0, 0.1) is 0 Å². The first-order valence-electron chi connectivity index (χ1n) is 9.14. The van der Waals surface area contributed by atoms with Crippen LogP contribution in [-0.2, 0) is 10.0 Å². The Morgan fingerprint density at radius 1 is 1.04 bits per heavy atom. The van der Waals surface area contributed by atoms with E-state index in [4.69, 9.17) is 0 Å². The van der Waals surface area contributed by atoms with Gasteiger partial charge in [-0.05, 0) is 31.5 Å². The van der Waals surface area contributed by atoms with Gasteiger partial charge in [-0.1, -0.05) is 38.0 Å². The van der Waals surface area contributed by atoms with E-state index in [-0.39, 0.29) is 6.04 Å². The maximum Gasteiger partial charge on any atom is 0.240 e. The van der Waals surface area contributed by atoms with Crippen molar-refractivity contribution in [3.63, 3.8) is 0 Å². The number of likely N-dealkylation sites (N-methyl/N-ethyl adjacent to an activating group) is 1. The zero-order chi connectivity index (χ0) is 17.0. The zero-order valence-corrected chi connectivity index (χ0v) is 15.3. The van der Waals surface area contributed by atoms with Crippen LogP contribution in [0.1, 0.15) is 32.6 Å². The molecule has 3 rings (SSSR count). The molecule has 1 aromatic carbocycles. The molecule has 6 heteroatoms. The quantitative estimate of drug-likeness (QED) is 0.880. The average molecular weight is 352 g/mol. The lowest BCUT2D eigenvalue weighted by molar-refractivity contribution is 0.0685. The van der Waals surface area contributed by atoms with Crippen LogP contribution in [-0.4, -0.2) is 63.0 Å².